The van der Waals surface area contributed by atoms with E-state index in [0.717, 1.165) is 0 Å². The van der Waals surface area contributed by atoms with Gasteiger partial charge >= 0.3 is 0 Å². The lowest BCUT2D eigenvalue weighted by atomic mass is 10.1. The van der Waals surface area contributed by atoms with Crippen molar-refractivity contribution in [2.75, 3.05) is 13.7 Å². The zero-order valence-electron chi connectivity index (χ0n) is 6.22. The van der Waals surface area contributed by atoms with Crippen molar-refractivity contribution < 1.29 is 4.74 Å². The van der Waals surface area contributed by atoms with E-state index in [-0.39, 0.29) is 5.54 Å². The fourth-order valence-corrected chi connectivity index (χ4v) is 0.248. The minimum absolute atomic E-state index is 0.185. The summed E-state index contributed by atoms with van der Waals surface area (Å²) in [5.74, 6) is 0. The number of rotatable bonds is 3. The first-order valence-electron chi connectivity index (χ1n) is 2.89. The third kappa shape index (κ3) is 3.97. The van der Waals surface area contributed by atoms with Crippen LogP contribution in [0.15, 0.2) is 4.99 Å². The van der Waals surface area contributed by atoms with Gasteiger partial charge in [-0.2, -0.15) is 0 Å². The van der Waals surface area contributed by atoms with Crippen molar-refractivity contribution in [1.82, 2.24) is 0 Å². The van der Waals surface area contributed by atoms with E-state index in [9.17, 15) is 0 Å². The molecular formula is C6H14N2O. The molecular weight excluding hydrogens is 116 g/mol. The molecule has 0 aromatic heterocycles. The van der Waals surface area contributed by atoms with Crippen molar-refractivity contribution in [3.05, 3.63) is 0 Å². The van der Waals surface area contributed by atoms with Crippen LogP contribution in [0.5, 0.6) is 0 Å². The highest BCUT2D eigenvalue weighted by molar-refractivity contribution is 5.46. The Kier molecular flexibility index (Phi) is 3.24. The summed E-state index contributed by atoms with van der Waals surface area (Å²) in [4.78, 5) is 4.02. The van der Waals surface area contributed by atoms with Crippen LogP contribution in [0, 0.1) is 0 Å². The van der Waals surface area contributed by atoms with Crippen LogP contribution in [-0.4, -0.2) is 25.6 Å². The average molecular weight is 130 g/mol. The number of ether oxygens (including phenoxy) is 1. The number of methoxy groups -OCH3 is 1. The summed E-state index contributed by atoms with van der Waals surface area (Å²) < 4.78 is 4.63. The van der Waals surface area contributed by atoms with Gasteiger partial charge in [0.2, 0.25) is 0 Å². The third-order valence-corrected chi connectivity index (χ3v) is 1.01. The molecule has 0 spiro atoms. The van der Waals surface area contributed by atoms with Gasteiger partial charge < -0.3 is 10.5 Å². The van der Waals surface area contributed by atoms with Crippen LogP contribution in [0.1, 0.15) is 13.8 Å². The van der Waals surface area contributed by atoms with Crippen molar-refractivity contribution in [2.24, 2.45) is 10.7 Å². The summed E-state index contributed by atoms with van der Waals surface area (Å²) in [6.45, 7) is 4.43. The summed E-state index contributed by atoms with van der Waals surface area (Å²) in [7, 11) is 1.57. The summed E-state index contributed by atoms with van der Waals surface area (Å²) in [6, 6.07) is 0. The Balaban J connectivity index is 3.70. The Labute approximate surface area is 55.9 Å². The number of hydrogen-bond donors (Lipinski definition) is 1. The fraction of sp³-hybridized carbons (Fsp3) is 0.833. The highest BCUT2D eigenvalue weighted by atomic mass is 16.5. The Morgan fingerprint density at radius 3 is 2.56 bits per heavy atom. The molecule has 0 rings (SSSR count). The summed E-state index contributed by atoms with van der Waals surface area (Å²) >= 11 is 0. The lowest BCUT2D eigenvalue weighted by molar-refractivity contribution is 0.408. The van der Waals surface area contributed by atoms with Crippen LogP contribution in [0.25, 0.3) is 0 Å². The Morgan fingerprint density at radius 2 is 2.22 bits per heavy atom. The smallest absolute Gasteiger partial charge is 0.169 e. The number of nitrogens with two attached hydrogens (primary N) is 1. The van der Waals surface area contributed by atoms with Gasteiger partial charge in [0.1, 0.15) is 0 Å². The van der Waals surface area contributed by atoms with Gasteiger partial charge in [-0.25, -0.2) is 0 Å². The summed E-state index contributed by atoms with van der Waals surface area (Å²) in [5, 5.41) is 0. The zero-order valence-corrected chi connectivity index (χ0v) is 6.22. The predicted octanol–water partition coefficient (Wildman–Crippen LogP) is 0.398. The molecule has 0 aromatic carbocycles. The molecule has 54 valence electrons. The monoisotopic (exact) mass is 130 g/mol. The molecule has 0 aliphatic heterocycles. The summed E-state index contributed by atoms with van der Waals surface area (Å²) in [5.41, 5.74) is 5.19. The van der Waals surface area contributed by atoms with E-state index in [0.29, 0.717) is 6.54 Å². The first kappa shape index (κ1) is 8.43. The van der Waals surface area contributed by atoms with Crippen molar-refractivity contribution >= 4 is 6.40 Å². The van der Waals surface area contributed by atoms with Gasteiger partial charge in [0.25, 0.3) is 0 Å². The molecule has 3 nitrogen and oxygen atoms in total. The lowest BCUT2D eigenvalue weighted by Crippen LogP contribution is -2.28. The van der Waals surface area contributed by atoms with E-state index in [1.54, 1.807) is 7.11 Å². The number of nitrogens with zero attached hydrogens (tertiary/aromatic N) is 1. The van der Waals surface area contributed by atoms with E-state index in [4.69, 9.17) is 5.73 Å². The largest absolute Gasteiger partial charge is 0.487 e. The molecule has 0 aromatic rings. The minimum atomic E-state index is -0.185. The molecule has 0 saturated heterocycles. The Hall–Kier alpha value is -0.570. The SMILES string of the molecule is COC=NC(C)(C)CN. The lowest BCUT2D eigenvalue weighted by Gasteiger charge is -2.14. The molecule has 0 saturated carbocycles. The maximum absolute atomic E-state index is 5.38. The van der Waals surface area contributed by atoms with Gasteiger partial charge in [-0.15, -0.1) is 0 Å². The van der Waals surface area contributed by atoms with E-state index >= 15 is 0 Å². The Morgan fingerprint density at radius 1 is 1.67 bits per heavy atom. The topological polar surface area (TPSA) is 47.6 Å². The second-order valence-electron chi connectivity index (χ2n) is 2.49. The quantitative estimate of drug-likeness (QED) is 0.444. The van der Waals surface area contributed by atoms with E-state index in [2.05, 4.69) is 9.73 Å². The normalized spacial score (nSPS) is 12.4. The first-order chi connectivity index (χ1) is 4.12. The van der Waals surface area contributed by atoms with Gasteiger partial charge in [-0.1, -0.05) is 0 Å². The molecule has 0 aliphatic carbocycles. The van der Waals surface area contributed by atoms with Crippen LogP contribution in [0.2, 0.25) is 0 Å². The number of hydrogen-bond acceptors (Lipinski definition) is 3. The van der Waals surface area contributed by atoms with E-state index in [1.807, 2.05) is 13.8 Å². The van der Waals surface area contributed by atoms with E-state index < -0.39 is 0 Å². The van der Waals surface area contributed by atoms with Crippen LogP contribution in [0.4, 0.5) is 0 Å². The standard InChI is InChI=1S/C6H14N2O/c1-6(2,4-7)8-5-9-3/h5H,4,7H2,1-3H3. The first-order valence-corrected chi connectivity index (χ1v) is 2.89. The molecule has 0 fully saturated rings. The van der Waals surface area contributed by atoms with E-state index in [1.165, 1.54) is 6.40 Å². The molecule has 0 bridgehead atoms. The molecule has 0 aliphatic rings. The molecule has 0 radical (unpaired) electrons. The maximum atomic E-state index is 5.38. The molecule has 0 atom stereocenters. The van der Waals surface area contributed by atoms with Crippen molar-refractivity contribution in [2.45, 2.75) is 19.4 Å². The number of aliphatic imine (C=N–C) groups is 1. The zero-order chi connectivity index (χ0) is 7.33. The van der Waals surface area contributed by atoms with Gasteiger partial charge in [-0.05, 0) is 13.8 Å². The van der Waals surface area contributed by atoms with Crippen molar-refractivity contribution in [1.29, 1.82) is 0 Å². The van der Waals surface area contributed by atoms with Crippen LogP contribution >= 0.6 is 0 Å². The highest BCUT2D eigenvalue weighted by Crippen LogP contribution is 2.03. The van der Waals surface area contributed by atoms with Crippen LogP contribution in [-0.2, 0) is 4.74 Å². The highest BCUT2D eigenvalue weighted by Gasteiger charge is 2.10. The third-order valence-electron chi connectivity index (χ3n) is 1.01. The molecule has 9 heavy (non-hydrogen) atoms. The minimum Gasteiger partial charge on any atom is -0.487 e. The molecule has 0 unspecified atom stereocenters. The van der Waals surface area contributed by atoms with Gasteiger partial charge in [-0.3, -0.25) is 4.99 Å². The summed E-state index contributed by atoms with van der Waals surface area (Å²) in [6.07, 6.45) is 1.41. The Bertz CT molecular complexity index is 99.2. The fourth-order valence-electron chi connectivity index (χ4n) is 0.248. The molecule has 0 heterocycles. The maximum Gasteiger partial charge on any atom is 0.169 e. The van der Waals surface area contributed by atoms with Crippen molar-refractivity contribution in [3.63, 3.8) is 0 Å². The second kappa shape index (κ2) is 3.45. The van der Waals surface area contributed by atoms with Gasteiger partial charge in [0.15, 0.2) is 6.40 Å². The van der Waals surface area contributed by atoms with Crippen LogP contribution < -0.4 is 5.73 Å². The van der Waals surface area contributed by atoms with Crippen molar-refractivity contribution in [3.8, 4) is 0 Å². The predicted molar refractivity (Wildman–Crippen MR) is 38.6 cm³/mol. The van der Waals surface area contributed by atoms with Crippen LogP contribution in [0.3, 0.4) is 0 Å². The van der Waals surface area contributed by atoms with Gasteiger partial charge in [0, 0.05) is 6.54 Å². The molecule has 2 N–H and O–H groups in total. The average Bonchev–Trinajstić information content (AvgIpc) is 1.84. The second-order valence-corrected chi connectivity index (χ2v) is 2.49. The molecule has 0 amide bonds. The molecule has 3 heteroatoms. The van der Waals surface area contributed by atoms with Gasteiger partial charge in [0.05, 0.1) is 12.6 Å².